The van der Waals surface area contributed by atoms with E-state index in [9.17, 15) is 9.59 Å². The summed E-state index contributed by atoms with van der Waals surface area (Å²) in [6.45, 7) is 0.314. The second-order valence-corrected chi connectivity index (χ2v) is 8.28. The number of carbonyl (C=O) groups is 2. The van der Waals surface area contributed by atoms with Crippen LogP contribution in [0.25, 0.3) is 0 Å². The van der Waals surface area contributed by atoms with Crippen molar-refractivity contribution >= 4 is 52.1 Å². The van der Waals surface area contributed by atoms with Crippen LogP contribution in [0, 0.1) is 0 Å². The number of ether oxygens (including phenoxy) is 1. The second-order valence-electron chi connectivity index (χ2n) is 7.51. The molecule has 1 N–H and O–H groups in total. The molecule has 4 rings (SSSR count). The third-order valence-corrected chi connectivity index (χ3v) is 6.17. The topological polar surface area (TPSA) is 61.9 Å². The summed E-state index contributed by atoms with van der Waals surface area (Å²) in [5.74, 6) is 0.150. The van der Waals surface area contributed by atoms with Crippen molar-refractivity contribution in [2.24, 2.45) is 0 Å². The Bertz CT molecular complexity index is 1170. The Hall–Kier alpha value is -3.42. The molecule has 6 nitrogen and oxygen atoms in total. The van der Waals surface area contributed by atoms with E-state index in [0.717, 1.165) is 5.56 Å². The minimum atomic E-state index is -0.757. The average Bonchev–Trinajstić information content (AvgIpc) is 3.05. The van der Waals surface area contributed by atoms with Gasteiger partial charge in [-0.3, -0.25) is 14.5 Å². The van der Waals surface area contributed by atoms with Crippen LogP contribution in [0.3, 0.4) is 0 Å². The maximum absolute atomic E-state index is 13.4. The number of rotatable bonds is 7. The van der Waals surface area contributed by atoms with E-state index in [4.69, 9.17) is 28.6 Å². The number of thiocarbonyl (C=S) groups is 1. The van der Waals surface area contributed by atoms with Crippen LogP contribution >= 0.6 is 23.8 Å². The number of hydrogen-bond acceptors (Lipinski definition) is 4. The van der Waals surface area contributed by atoms with Gasteiger partial charge in [0.05, 0.1) is 19.2 Å². The number of methoxy groups -OCH3 is 1. The summed E-state index contributed by atoms with van der Waals surface area (Å²) < 4.78 is 5.15. The summed E-state index contributed by atoms with van der Waals surface area (Å²) in [4.78, 5) is 29.6. The molecule has 1 fully saturated rings. The lowest BCUT2D eigenvalue weighted by Crippen LogP contribution is -2.37. The molecule has 0 spiro atoms. The van der Waals surface area contributed by atoms with Crippen molar-refractivity contribution in [3.63, 3.8) is 0 Å². The van der Waals surface area contributed by atoms with E-state index < -0.39 is 6.04 Å². The quantitative estimate of drug-likeness (QED) is 0.489. The number of carbonyl (C=O) groups excluding carboxylic acids is 2. The number of benzene rings is 3. The highest BCUT2D eigenvalue weighted by Crippen LogP contribution is 2.30. The van der Waals surface area contributed by atoms with Gasteiger partial charge in [-0.25, -0.2) is 0 Å². The molecule has 1 aliphatic heterocycles. The Labute approximate surface area is 202 Å². The normalized spacial score (nSPS) is 15.6. The molecule has 33 heavy (non-hydrogen) atoms. The first-order chi connectivity index (χ1) is 16.0. The van der Waals surface area contributed by atoms with Gasteiger partial charge < -0.3 is 15.0 Å². The lowest BCUT2D eigenvalue weighted by Gasteiger charge is -2.24. The zero-order valence-corrected chi connectivity index (χ0v) is 19.5. The monoisotopic (exact) mass is 479 g/mol. The minimum absolute atomic E-state index is 0.0568. The first kappa shape index (κ1) is 22.8. The van der Waals surface area contributed by atoms with Gasteiger partial charge in [-0.05, 0) is 60.2 Å². The van der Waals surface area contributed by atoms with Crippen molar-refractivity contribution in [1.82, 2.24) is 4.90 Å². The summed E-state index contributed by atoms with van der Waals surface area (Å²) in [5, 5.41) is 3.76. The van der Waals surface area contributed by atoms with Gasteiger partial charge in [0.1, 0.15) is 11.8 Å². The molecule has 0 bridgehead atoms. The molecule has 0 unspecified atom stereocenters. The molecular weight excluding hydrogens is 458 g/mol. The van der Waals surface area contributed by atoms with Crippen LogP contribution in [-0.4, -0.2) is 35.0 Å². The van der Waals surface area contributed by atoms with Gasteiger partial charge in [-0.15, -0.1) is 0 Å². The van der Waals surface area contributed by atoms with Gasteiger partial charge in [-0.2, -0.15) is 0 Å². The molecule has 1 saturated heterocycles. The smallest absolute Gasteiger partial charge is 0.256 e. The Kier molecular flexibility index (Phi) is 6.91. The molecular formula is C25H22ClN3O3S. The van der Waals surface area contributed by atoms with Gasteiger partial charge in [0.15, 0.2) is 5.11 Å². The van der Waals surface area contributed by atoms with Crippen LogP contribution in [0.2, 0.25) is 5.02 Å². The number of hydrogen-bond donors (Lipinski definition) is 1. The Morgan fingerprint density at radius 2 is 1.70 bits per heavy atom. The van der Waals surface area contributed by atoms with Crippen LogP contribution in [0.4, 0.5) is 11.4 Å². The molecule has 0 aromatic heterocycles. The summed E-state index contributed by atoms with van der Waals surface area (Å²) in [6.07, 6.45) is -0.0568. The molecule has 8 heteroatoms. The van der Waals surface area contributed by atoms with Crippen molar-refractivity contribution in [1.29, 1.82) is 0 Å². The maximum Gasteiger partial charge on any atom is 0.256 e. The Balaban J connectivity index is 1.58. The molecule has 3 aromatic rings. The fourth-order valence-electron chi connectivity index (χ4n) is 3.70. The van der Waals surface area contributed by atoms with Gasteiger partial charge in [-0.1, -0.05) is 48.0 Å². The molecule has 0 aliphatic carbocycles. The summed E-state index contributed by atoms with van der Waals surface area (Å²) in [6, 6.07) is 22.8. The van der Waals surface area contributed by atoms with Crippen LogP contribution in [-0.2, 0) is 16.1 Å². The van der Waals surface area contributed by atoms with E-state index in [-0.39, 0.29) is 18.2 Å². The molecule has 1 aliphatic rings. The molecule has 1 heterocycles. The van der Waals surface area contributed by atoms with Crippen LogP contribution < -0.4 is 15.0 Å². The largest absolute Gasteiger partial charge is 0.497 e. The fraction of sp³-hybridized carbons (Fsp3) is 0.160. The Morgan fingerprint density at radius 1 is 1.03 bits per heavy atom. The molecule has 2 amide bonds. The van der Waals surface area contributed by atoms with Crippen molar-refractivity contribution in [3.8, 4) is 5.75 Å². The highest BCUT2D eigenvalue weighted by Gasteiger charge is 2.44. The molecule has 3 aromatic carbocycles. The Morgan fingerprint density at radius 3 is 2.36 bits per heavy atom. The minimum Gasteiger partial charge on any atom is -0.497 e. The van der Waals surface area contributed by atoms with Gasteiger partial charge >= 0.3 is 0 Å². The van der Waals surface area contributed by atoms with Crippen molar-refractivity contribution in [2.75, 3.05) is 17.3 Å². The van der Waals surface area contributed by atoms with Crippen LogP contribution in [0.1, 0.15) is 12.0 Å². The zero-order valence-electron chi connectivity index (χ0n) is 17.9. The van der Waals surface area contributed by atoms with Crippen molar-refractivity contribution in [2.45, 2.75) is 19.0 Å². The average molecular weight is 480 g/mol. The van der Waals surface area contributed by atoms with E-state index in [1.807, 2.05) is 48.5 Å². The SMILES string of the molecule is COc1ccc(NC(=O)C[C@@H]2C(=O)N(c3ccccc3)C(=S)N2Cc2ccccc2Cl)cc1. The van der Waals surface area contributed by atoms with Crippen LogP contribution in [0.15, 0.2) is 78.9 Å². The van der Waals surface area contributed by atoms with E-state index in [2.05, 4.69) is 5.32 Å². The van der Waals surface area contributed by atoms with Gasteiger partial charge in [0.2, 0.25) is 5.91 Å². The first-order valence-corrected chi connectivity index (χ1v) is 11.1. The summed E-state index contributed by atoms with van der Waals surface area (Å²) in [7, 11) is 1.58. The summed E-state index contributed by atoms with van der Waals surface area (Å²) >= 11 is 12.1. The highest BCUT2D eigenvalue weighted by atomic mass is 35.5. The van der Waals surface area contributed by atoms with E-state index in [0.29, 0.717) is 33.8 Å². The fourth-order valence-corrected chi connectivity index (χ4v) is 4.28. The molecule has 1 atom stereocenters. The highest BCUT2D eigenvalue weighted by molar-refractivity contribution is 7.80. The van der Waals surface area contributed by atoms with E-state index >= 15 is 0 Å². The third-order valence-electron chi connectivity index (χ3n) is 5.38. The van der Waals surface area contributed by atoms with E-state index in [1.165, 1.54) is 4.90 Å². The summed E-state index contributed by atoms with van der Waals surface area (Å²) in [5.41, 5.74) is 2.10. The van der Waals surface area contributed by atoms with Crippen LogP contribution in [0.5, 0.6) is 5.75 Å². The number of nitrogens with one attached hydrogen (secondary N) is 1. The standard InChI is InChI=1S/C25H22ClN3O3S/c1-32-20-13-11-18(12-14-20)27-23(30)15-22-24(31)29(19-8-3-2-4-9-19)25(33)28(22)16-17-7-5-6-10-21(17)26/h2-14,22H,15-16H2,1H3,(H,27,30)/t22-/m1/s1. The molecule has 0 saturated carbocycles. The predicted octanol–water partition coefficient (Wildman–Crippen LogP) is 4.88. The van der Waals surface area contributed by atoms with E-state index in [1.54, 1.807) is 42.3 Å². The molecule has 168 valence electrons. The van der Waals surface area contributed by atoms with Gasteiger partial charge in [0, 0.05) is 17.3 Å². The third kappa shape index (κ3) is 4.99. The lowest BCUT2D eigenvalue weighted by atomic mass is 10.1. The molecule has 0 radical (unpaired) electrons. The number of amides is 2. The van der Waals surface area contributed by atoms with Crippen molar-refractivity contribution < 1.29 is 14.3 Å². The number of anilines is 2. The van der Waals surface area contributed by atoms with Crippen molar-refractivity contribution in [3.05, 3.63) is 89.4 Å². The maximum atomic E-state index is 13.4. The predicted molar refractivity (Wildman–Crippen MR) is 134 cm³/mol. The first-order valence-electron chi connectivity index (χ1n) is 10.3. The zero-order chi connectivity index (χ0) is 23.4. The lowest BCUT2D eigenvalue weighted by molar-refractivity contribution is -0.124. The van der Waals surface area contributed by atoms with Gasteiger partial charge in [0.25, 0.3) is 5.91 Å². The number of halogens is 1. The second kappa shape index (κ2) is 10.0. The number of nitrogens with zero attached hydrogens (tertiary/aromatic N) is 2. The number of para-hydroxylation sites is 1.